The number of hydrogen-bond acceptors (Lipinski definition) is 4. The minimum atomic E-state index is -0.316. The molecule has 1 amide bonds. The molecule has 0 unspecified atom stereocenters. The van der Waals surface area contributed by atoms with Crippen LogP contribution < -0.4 is 10.2 Å². The zero-order chi connectivity index (χ0) is 16.1. The van der Waals surface area contributed by atoms with Gasteiger partial charge < -0.3 is 9.84 Å². The lowest BCUT2D eigenvalue weighted by Crippen LogP contribution is -2.18. The minimum absolute atomic E-state index is 0.0810. The first-order valence-corrected chi connectivity index (χ1v) is 8.04. The summed E-state index contributed by atoms with van der Waals surface area (Å²) < 4.78 is 6.40. The monoisotopic (exact) mass is 474 g/mol. The number of phenolic OH excluding ortho intramolecular Hbond substituents is 1. The second-order valence-electron chi connectivity index (χ2n) is 4.23. The van der Waals surface area contributed by atoms with Gasteiger partial charge in [-0.1, -0.05) is 12.1 Å². The number of amides is 1. The van der Waals surface area contributed by atoms with E-state index in [-0.39, 0.29) is 11.7 Å². The zero-order valence-corrected chi connectivity index (χ0v) is 15.3. The number of nitrogens with one attached hydrogen (secondary N) is 1. The Kier molecular flexibility index (Phi) is 5.78. The van der Waals surface area contributed by atoms with Crippen molar-refractivity contribution in [2.45, 2.75) is 0 Å². The molecule has 0 aliphatic heterocycles. The summed E-state index contributed by atoms with van der Waals surface area (Å²) in [6.07, 6.45) is 1.48. The molecular formula is C15H12BrIN2O3. The van der Waals surface area contributed by atoms with Crippen molar-refractivity contribution in [3.63, 3.8) is 0 Å². The Hall–Kier alpha value is -1.61. The number of hydrazone groups is 1. The first-order chi connectivity index (χ1) is 10.5. The smallest absolute Gasteiger partial charge is 0.272 e. The Bertz CT molecular complexity index is 735. The van der Waals surface area contributed by atoms with E-state index in [1.165, 1.54) is 13.3 Å². The summed E-state index contributed by atoms with van der Waals surface area (Å²) in [5.74, 6) is 0.118. The van der Waals surface area contributed by atoms with E-state index in [9.17, 15) is 9.90 Å². The average Bonchev–Trinajstić information content (AvgIpc) is 2.50. The molecule has 0 saturated heterocycles. The maximum absolute atomic E-state index is 12.0. The van der Waals surface area contributed by atoms with Gasteiger partial charge in [0.1, 0.15) is 0 Å². The van der Waals surface area contributed by atoms with Crippen molar-refractivity contribution in [3.05, 3.63) is 55.6 Å². The minimum Gasteiger partial charge on any atom is -0.504 e. The van der Waals surface area contributed by atoms with Gasteiger partial charge in [-0.2, -0.15) is 5.10 Å². The predicted molar refractivity (Wildman–Crippen MR) is 96.6 cm³/mol. The molecule has 2 rings (SSSR count). The zero-order valence-electron chi connectivity index (χ0n) is 11.5. The predicted octanol–water partition coefficient (Wildman–Crippen LogP) is 3.53. The van der Waals surface area contributed by atoms with Crippen LogP contribution in [0.3, 0.4) is 0 Å². The molecule has 0 fully saturated rings. The summed E-state index contributed by atoms with van der Waals surface area (Å²) in [6.45, 7) is 0. The Labute approximate surface area is 149 Å². The Morgan fingerprint density at radius 3 is 2.82 bits per heavy atom. The van der Waals surface area contributed by atoms with Gasteiger partial charge in [-0.15, -0.1) is 0 Å². The van der Waals surface area contributed by atoms with E-state index in [1.807, 2.05) is 28.7 Å². The lowest BCUT2D eigenvalue weighted by molar-refractivity contribution is 0.0954. The number of aromatic hydroxyl groups is 1. The molecule has 2 N–H and O–H groups in total. The van der Waals surface area contributed by atoms with Gasteiger partial charge in [-0.25, -0.2) is 5.43 Å². The number of phenols is 1. The summed E-state index contributed by atoms with van der Waals surface area (Å²) >= 11 is 5.30. The van der Waals surface area contributed by atoms with Crippen molar-refractivity contribution >= 4 is 50.6 Å². The highest BCUT2D eigenvalue weighted by Crippen LogP contribution is 2.31. The fourth-order valence-electron chi connectivity index (χ4n) is 1.69. The topological polar surface area (TPSA) is 70.9 Å². The van der Waals surface area contributed by atoms with Crippen molar-refractivity contribution < 1.29 is 14.6 Å². The maximum Gasteiger partial charge on any atom is 0.272 e. The van der Waals surface area contributed by atoms with E-state index >= 15 is 0 Å². The van der Waals surface area contributed by atoms with Crippen LogP contribution in [0.1, 0.15) is 15.9 Å². The highest BCUT2D eigenvalue weighted by molar-refractivity contribution is 14.1. The first kappa shape index (κ1) is 16.8. The highest BCUT2D eigenvalue weighted by atomic mass is 127. The molecule has 0 saturated carbocycles. The number of carbonyl (C=O) groups excluding carboxylic acids is 1. The summed E-state index contributed by atoms with van der Waals surface area (Å²) in [7, 11) is 1.47. The van der Waals surface area contributed by atoms with Crippen LogP contribution in [0.2, 0.25) is 0 Å². The fourth-order valence-corrected chi connectivity index (χ4v) is 2.79. The molecule has 0 aliphatic carbocycles. The highest BCUT2D eigenvalue weighted by Gasteiger charge is 2.09. The Morgan fingerprint density at radius 1 is 1.41 bits per heavy atom. The summed E-state index contributed by atoms with van der Waals surface area (Å²) in [5.41, 5.74) is 3.65. The van der Waals surface area contributed by atoms with Gasteiger partial charge in [0.25, 0.3) is 5.91 Å². The number of halogens is 2. The average molecular weight is 475 g/mol. The van der Waals surface area contributed by atoms with Gasteiger partial charge >= 0.3 is 0 Å². The van der Waals surface area contributed by atoms with Crippen LogP contribution in [-0.4, -0.2) is 24.3 Å². The third kappa shape index (κ3) is 3.98. The van der Waals surface area contributed by atoms with E-state index < -0.39 is 0 Å². The molecule has 0 bridgehead atoms. The van der Waals surface area contributed by atoms with Gasteiger partial charge in [0.15, 0.2) is 11.5 Å². The van der Waals surface area contributed by atoms with Crippen molar-refractivity contribution in [2.24, 2.45) is 5.10 Å². The number of methoxy groups -OCH3 is 1. The summed E-state index contributed by atoms with van der Waals surface area (Å²) in [4.78, 5) is 12.0. The van der Waals surface area contributed by atoms with Crippen LogP contribution in [0.4, 0.5) is 0 Å². The molecule has 2 aromatic carbocycles. The SMILES string of the molecule is COc1cc(C=NNC(=O)c2ccccc2Br)cc(I)c1O. The molecule has 0 spiro atoms. The molecule has 2 aromatic rings. The van der Waals surface area contributed by atoms with Gasteiger partial charge in [-0.3, -0.25) is 4.79 Å². The number of carbonyl (C=O) groups is 1. The maximum atomic E-state index is 12.0. The second kappa shape index (κ2) is 7.59. The van der Waals surface area contributed by atoms with Gasteiger partial charge in [0.05, 0.1) is 22.5 Å². The fraction of sp³-hybridized carbons (Fsp3) is 0.0667. The van der Waals surface area contributed by atoms with E-state index in [2.05, 4.69) is 26.5 Å². The lowest BCUT2D eigenvalue weighted by atomic mass is 10.2. The molecule has 0 heterocycles. The summed E-state index contributed by atoms with van der Waals surface area (Å²) in [6, 6.07) is 10.4. The third-order valence-corrected chi connectivity index (χ3v) is 4.28. The molecule has 0 aromatic heterocycles. The number of ether oxygens (including phenoxy) is 1. The van der Waals surface area contributed by atoms with Crippen LogP contribution in [0.5, 0.6) is 11.5 Å². The molecule has 0 atom stereocenters. The van der Waals surface area contributed by atoms with Gasteiger partial charge in [0.2, 0.25) is 0 Å². The first-order valence-electron chi connectivity index (χ1n) is 6.17. The van der Waals surface area contributed by atoms with E-state index in [0.717, 1.165) is 0 Å². The molecule has 5 nitrogen and oxygen atoms in total. The Morgan fingerprint density at radius 2 is 2.14 bits per heavy atom. The quantitative estimate of drug-likeness (QED) is 0.404. The van der Waals surface area contributed by atoms with Gasteiger partial charge in [-0.05, 0) is 68.3 Å². The van der Waals surface area contributed by atoms with Crippen LogP contribution in [0.25, 0.3) is 0 Å². The molecule has 0 radical (unpaired) electrons. The van der Waals surface area contributed by atoms with E-state index in [0.29, 0.717) is 24.9 Å². The normalized spacial score (nSPS) is 10.7. The number of benzene rings is 2. The molecule has 0 aliphatic rings. The van der Waals surface area contributed by atoms with Crippen molar-refractivity contribution in [1.82, 2.24) is 5.43 Å². The van der Waals surface area contributed by atoms with E-state index in [1.54, 1.807) is 30.3 Å². The van der Waals surface area contributed by atoms with Crippen LogP contribution in [-0.2, 0) is 0 Å². The van der Waals surface area contributed by atoms with Crippen molar-refractivity contribution in [1.29, 1.82) is 0 Å². The lowest BCUT2D eigenvalue weighted by Gasteiger charge is -2.06. The largest absolute Gasteiger partial charge is 0.504 e. The molecule has 7 heteroatoms. The standard InChI is InChI=1S/C15H12BrIN2O3/c1-22-13-7-9(6-12(17)14(13)20)8-18-19-15(21)10-4-2-3-5-11(10)16/h2-8,20H,1H3,(H,19,21). The molecular weight excluding hydrogens is 463 g/mol. The molecule has 22 heavy (non-hydrogen) atoms. The Balaban J connectivity index is 2.12. The van der Waals surface area contributed by atoms with E-state index in [4.69, 9.17) is 4.74 Å². The van der Waals surface area contributed by atoms with Gasteiger partial charge in [0, 0.05) is 4.47 Å². The third-order valence-electron chi connectivity index (χ3n) is 2.77. The number of hydrogen-bond donors (Lipinski definition) is 2. The second-order valence-corrected chi connectivity index (χ2v) is 6.25. The van der Waals surface area contributed by atoms with Crippen LogP contribution in [0, 0.1) is 3.57 Å². The number of rotatable bonds is 4. The van der Waals surface area contributed by atoms with Crippen LogP contribution in [0.15, 0.2) is 46.0 Å². The van der Waals surface area contributed by atoms with Crippen LogP contribution >= 0.6 is 38.5 Å². The number of nitrogens with zero attached hydrogens (tertiary/aromatic N) is 1. The van der Waals surface area contributed by atoms with Crippen molar-refractivity contribution in [3.8, 4) is 11.5 Å². The van der Waals surface area contributed by atoms with Crippen molar-refractivity contribution in [2.75, 3.05) is 7.11 Å². The molecule has 114 valence electrons. The summed E-state index contributed by atoms with van der Waals surface area (Å²) in [5, 5.41) is 13.7.